The van der Waals surface area contributed by atoms with Gasteiger partial charge in [-0.15, -0.1) is 0 Å². The maximum Gasteiger partial charge on any atom is 0.231 e. The smallest absolute Gasteiger partial charge is 0.231 e. The van der Waals surface area contributed by atoms with Crippen LogP contribution in [0.25, 0.3) is 0 Å². The van der Waals surface area contributed by atoms with Gasteiger partial charge in [0.2, 0.25) is 5.91 Å². The molecule has 1 amide bonds. The van der Waals surface area contributed by atoms with E-state index in [2.05, 4.69) is 20.8 Å². The number of benzene rings is 1. The molecule has 0 saturated carbocycles. The molecule has 1 atom stereocenters. The van der Waals surface area contributed by atoms with E-state index in [0.717, 1.165) is 6.42 Å². The number of halogens is 1. The number of nitrogens with two attached hydrogens (primary N) is 1. The van der Waals surface area contributed by atoms with Gasteiger partial charge >= 0.3 is 0 Å². The fourth-order valence-corrected chi connectivity index (χ4v) is 2.32. The number of carbonyl (C=O) groups is 1. The van der Waals surface area contributed by atoms with Crippen LogP contribution in [-0.4, -0.2) is 19.0 Å². The van der Waals surface area contributed by atoms with Gasteiger partial charge in [-0.2, -0.15) is 0 Å². The molecule has 1 aromatic rings. The van der Waals surface area contributed by atoms with Crippen LogP contribution in [0.5, 0.6) is 0 Å². The summed E-state index contributed by atoms with van der Waals surface area (Å²) in [7, 11) is 0. The number of carbonyl (C=O) groups excluding carboxylic acids is 1. The largest absolute Gasteiger partial charge is 0.330 e. The summed E-state index contributed by atoms with van der Waals surface area (Å²) in [6.45, 7) is 9.07. The second kappa shape index (κ2) is 6.84. The first kappa shape index (κ1) is 16.6. The van der Waals surface area contributed by atoms with Crippen LogP contribution in [0.2, 0.25) is 0 Å². The summed E-state index contributed by atoms with van der Waals surface area (Å²) in [5.74, 6) is -0.501. The Bertz CT molecular complexity index is 437. The minimum Gasteiger partial charge on any atom is -0.330 e. The van der Waals surface area contributed by atoms with Gasteiger partial charge in [-0.25, -0.2) is 4.39 Å². The van der Waals surface area contributed by atoms with Crippen molar-refractivity contribution >= 4 is 11.6 Å². The molecule has 0 aliphatic carbocycles. The molecule has 1 aromatic carbocycles. The standard InChI is InChI=1S/C16H25FN2O/c1-5-19(14-8-6-13(17)7-9-14)15(20)12(11-18)10-16(2,3)4/h6-9,12H,5,10-11,18H2,1-4H3. The van der Waals surface area contributed by atoms with Crippen LogP contribution in [0.15, 0.2) is 24.3 Å². The summed E-state index contributed by atoms with van der Waals surface area (Å²) in [5, 5.41) is 0. The van der Waals surface area contributed by atoms with Gasteiger partial charge in [-0.1, -0.05) is 20.8 Å². The van der Waals surface area contributed by atoms with E-state index >= 15 is 0 Å². The minimum atomic E-state index is -0.303. The van der Waals surface area contributed by atoms with Crippen molar-refractivity contribution in [1.29, 1.82) is 0 Å². The van der Waals surface area contributed by atoms with Crippen LogP contribution in [0, 0.1) is 17.2 Å². The zero-order valence-corrected chi connectivity index (χ0v) is 12.8. The first-order chi connectivity index (χ1) is 9.28. The fraction of sp³-hybridized carbons (Fsp3) is 0.562. The summed E-state index contributed by atoms with van der Waals surface area (Å²) in [5.41, 5.74) is 6.53. The molecule has 1 unspecified atom stereocenters. The molecule has 112 valence electrons. The molecule has 0 bridgehead atoms. The highest BCUT2D eigenvalue weighted by Crippen LogP contribution is 2.26. The van der Waals surface area contributed by atoms with Crippen LogP contribution in [0.4, 0.5) is 10.1 Å². The molecule has 0 aliphatic rings. The summed E-state index contributed by atoms with van der Waals surface area (Å²) < 4.78 is 13.0. The number of nitrogens with zero attached hydrogens (tertiary/aromatic N) is 1. The molecule has 0 heterocycles. The highest BCUT2D eigenvalue weighted by molar-refractivity contribution is 5.95. The van der Waals surface area contributed by atoms with Crippen molar-refractivity contribution in [2.24, 2.45) is 17.1 Å². The molecular weight excluding hydrogens is 255 g/mol. The Morgan fingerprint density at radius 1 is 1.30 bits per heavy atom. The summed E-state index contributed by atoms with van der Waals surface area (Å²) >= 11 is 0. The van der Waals surface area contributed by atoms with E-state index in [1.807, 2.05) is 6.92 Å². The SMILES string of the molecule is CCN(C(=O)C(CN)CC(C)(C)C)c1ccc(F)cc1. The Kier molecular flexibility index (Phi) is 5.69. The molecule has 0 spiro atoms. The summed E-state index contributed by atoms with van der Waals surface area (Å²) in [6.07, 6.45) is 0.736. The summed E-state index contributed by atoms with van der Waals surface area (Å²) in [6, 6.07) is 5.99. The van der Waals surface area contributed by atoms with Gasteiger partial charge in [0, 0.05) is 18.8 Å². The van der Waals surface area contributed by atoms with E-state index in [1.165, 1.54) is 12.1 Å². The lowest BCUT2D eigenvalue weighted by Crippen LogP contribution is -2.40. The van der Waals surface area contributed by atoms with Gasteiger partial charge in [0.05, 0.1) is 5.92 Å². The number of rotatable bonds is 5. The molecule has 0 aromatic heterocycles. The first-order valence-corrected chi connectivity index (χ1v) is 7.05. The zero-order valence-electron chi connectivity index (χ0n) is 12.8. The third kappa shape index (κ3) is 4.60. The number of anilines is 1. The van der Waals surface area contributed by atoms with Crippen LogP contribution in [0.3, 0.4) is 0 Å². The molecule has 0 radical (unpaired) electrons. The molecule has 1 rings (SSSR count). The highest BCUT2D eigenvalue weighted by Gasteiger charge is 2.27. The molecule has 0 fully saturated rings. The average molecular weight is 280 g/mol. The first-order valence-electron chi connectivity index (χ1n) is 7.05. The maximum absolute atomic E-state index is 13.0. The lowest BCUT2D eigenvalue weighted by atomic mass is 9.84. The van der Waals surface area contributed by atoms with Gasteiger partial charge in [0.15, 0.2) is 0 Å². The monoisotopic (exact) mass is 280 g/mol. The topological polar surface area (TPSA) is 46.3 Å². The van der Waals surface area contributed by atoms with E-state index in [-0.39, 0.29) is 23.1 Å². The van der Waals surface area contributed by atoms with Crippen LogP contribution >= 0.6 is 0 Å². The number of hydrogen-bond donors (Lipinski definition) is 1. The van der Waals surface area contributed by atoms with Gasteiger partial charge in [-0.3, -0.25) is 4.79 Å². The van der Waals surface area contributed by atoms with Gasteiger partial charge in [0.1, 0.15) is 5.82 Å². The van der Waals surface area contributed by atoms with Crippen molar-refractivity contribution in [3.05, 3.63) is 30.1 Å². The minimum absolute atomic E-state index is 0.0107. The maximum atomic E-state index is 13.0. The Morgan fingerprint density at radius 3 is 2.25 bits per heavy atom. The van der Waals surface area contributed by atoms with Crippen molar-refractivity contribution in [2.45, 2.75) is 34.1 Å². The second-order valence-corrected chi connectivity index (χ2v) is 6.26. The molecule has 0 saturated heterocycles. The molecule has 0 aliphatic heterocycles. The lowest BCUT2D eigenvalue weighted by Gasteiger charge is -2.29. The molecule has 20 heavy (non-hydrogen) atoms. The van der Waals surface area contributed by atoms with Crippen LogP contribution < -0.4 is 10.6 Å². The fourth-order valence-electron chi connectivity index (χ4n) is 2.32. The zero-order chi connectivity index (χ0) is 15.3. The number of hydrogen-bond acceptors (Lipinski definition) is 2. The van der Waals surface area contributed by atoms with Crippen molar-refractivity contribution < 1.29 is 9.18 Å². The third-order valence-corrected chi connectivity index (χ3v) is 3.21. The van der Waals surface area contributed by atoms with Crippen LogP contribution in [0.1, 0.15) is 34.1 Å². The molecule has 2 N–H and O–H groups in total. The Morgan fingerprint density at radius 2 is 1.85 bits per heavy atom. The van der Waals surface area contributed by atoms with Crippen molar-refractivity contribution in [1.82, 2.24) is 0 Å². The molecular formula is C16H25FN2O. The van der Waals surface area contributed by atoms with E-state index in [1.54, 1.807) is 17.0 Å². The van der Waals surface area contributed by atoms with Crippen LogP contribution in [-0.2, 0) is 4.79 Å². The lowest BCUT2D eigenvalue weighted by molar-refractivity contribution is -0.123. The van der Waals surface area contributed by atoms with E-state index in [9.17, 15) is 9.18 Å². The predicted molar refractivity (Wildman–Crippen MR) is 81.0 cm³/mol. The normalized spacial score (nSPS) is 13.1. The number of amides is 1. The van der Waals surface area contributed by atoms with E-state index in [0.29, 0.717) is 18.8 Å². The average Bonchev–Trinajstić information content (AvgIpc) is 2.37. The van der Waals surface area contributed by atoms with Crippen molar-refractivity contribution in [3.8, 4) is 0 Å². The molecule has 3 nitrogen and oxygen atoms in total. The second-order valence-electron chi connectivity index (χ2n) is 6.26. The van der Waals surface area contributed by atoms with Gasteiger partial charge < -0.3 is 10.6 Å². The highest BCUT2D eigenvalue weighted by atomic mass is 19.1. The Labute approximate surface area is 121 Å². The Balaban J connectivity index is 2.92. The Hall–Kier alpha value is -1.42. The van der Waals surface area contributed by atoms with Crippen molar-refractivity contribution in [2.75, 3.05) is 18.0 Å². The molecule has 4 heteroatoms. The third-order valence-electron chi connectivity index (χ3n) is 3.21. The predicted octanol–water partition coefficient (Wildman–Crippen LogP) is 3.19. The summed E-state index contributed by atoms with van der Waals surface area (Å²) in [4.78, 5) is 14.3. The van der Waals surface area contributed by atoms with Gasteiger partial charge in [0.25, 0.3) is 0 Å². The quantitative estimate of drug-likeness (QED) is 0.900. The van der Waals surface area contributed by atoms with E-state index in [4.69, 9.17) is 5.73 Å². The van der Waals surface area contributed by atoms with Crippen molar-refractivity contribution in [3.63, 3.8) is 0 Å². The van der Waals surface area contributed by atoms with Gasteiger partial charge in [-0.05, 0) is 43.0 Å². The van der Waals surface area contributed by atoms with E-state index < -0.39 is 0 Å².